The van der Waals surface area contributed by atoms with E-state index >= 15 is 0 Å². The molecule has 4 nitrogen and oxygen atoms in total. The van der Waals surface area contributed by atoms with Crippen LogP contribution in [-0.4, -0.2) is 34.0 Å². The smallest absolute Gasteiger partial charge is 0.329 e. The van der Waals surface area contributed by atoms with E-state index in [1.165, 1.54) is 4.90 Å². The molecule has 1 aromatic carbocycles. The Balaban J connectivity index is 2.35. The maximum Gasteiger partial charge on any atom is 0.329 e. The molecule has 0 radical (unpaired) electrons. The van der Waals surface area contributed by atoms with Gasteiger partial charge in [0.1, 0.15) is 5.54 Å². The topological polar surface area (TPSA) is 57.6 Å². The molecule has 0 aromatic heterocycles. The summed E-state index contributed by atoms with van der Waals surface area (Å²) in [5.41, 5.74) is -0.734. The maximum atomic E-state index is 12.6. The van der Waals surface area contributed by atoms with Crippen LogP contribution in [0.15, 0.2) is 22.7 Å². The van der Waals surface area contributed by atoms with E-state index in [0.717, 1.165) is 12.8 Å². The Bertz CT molecular complexity index is 563. The van der Waals surface area contributed by atoms with Gasteiger partial charge >= 0.3 is 5.97 Å². The number of halogens is 2. The number of aliphatic carboxylic acids is 1. The highest BCUT2D eigenvalue weighted by Crippen LogP contribution is 2.31. The Hall–Kier alpha value is -1.07. The van der Waals surface area contributed by atoms with E-state index in [4.69, 9.17) is 11.6 Å². The average molecular weight is 361 g/mol. The first-order valence-corrected chi connectivity index (χ1v) is 7.54. The number of hydrogen-bond donors (Lipinski definition) is 1. The molecular weight excluding hydrogens is 346 g/mol. The zero-order valence-corrected chi connectivity index (χ0v) is 13.4. The lowest BCUT2D eigenvalue weighted by atomic mass is 9.88. The first-order chi connectivity index (χ1) is 9.36. The molecule has 0 saturated carbocycles. The molecule has 108 valence electrons. The molecule has 1 heterocycles. The third-order valence-electron chi connectivity index (χ3n) is 3.76. The summed E-state index contributed by atoms with van der Waals surface area (Å²) in [5.74, 6) is -1.25. The summed E-state index contributed by atoms with van der Waals surface area (Å²) in [4.78, 5) is 25.5. The Morgan fingerprint density at radius 1 is 1.40 bits per heavy atom. The van der Waals surface area contributed by atoms with Crippen LogP contribution in [0.1, 0.15) is 36.5 Å². The molecule has 2 rings (SSSR count). The highest BCUT2D eigenvalue weighted by Gasteiger charge is 2.44. The number of carboxylic acid groups (broad SMARTS) is 1. The van der Waals surface area contributed by atoms with E-state index in [1.54, 1.807) is 25.1 Å². The van der Waals surface area contributed by atoms with E-state index < -0.39 is 11.5 Å². The predicted octanol–water partition coefficient (Wildman–Crippen LogP) is 3.57. The van der Waals surface area contributed by atoms with Crippen LogP contribution in [0, 0.1) is 0 Å². The lowest BCUT2D eigenvalue weighted by molar-refractivity contribution is -0.150. The molecule has 1 N–H and O–H groups in total. The van der Waals surface area contributed by atoms with Crippen molar-refractivity contribution >= 4 is 39.4 Å². The molecule has 1 aliphatic rings. The molecule has 6 heteroatoms. The second-order valence-electron chi connectivity index (χ2n) is 5.12. The first kappa shape index (κ1) is 15.3. The van der Waals surface area contributed by atoms with E-state index in [1.807, 2.05) is 0 Å². The number of nitrogens with zero attached hydrogens (tertiary/aromatic N) is 1. The van der Waals surface area contributed by atoms with Crippen molar-refractivity contribution in [2.24, 2.45) is 0 Å². The second kappa shape index (κ2) is 5.74. The highest BCUT2D eigenvalue weighted by atomic mass is 79.9. The largest absolute Gasteiger partial charge is 0.480 e. The number of carbonyl (C=O) groups is 2. The van der Waals surface area contributed by atoms with Crippen molar-refractivity contribution in [1.29, 1.82) is 0 Å². The zero-order valence-electron chi connectivity index (χ0n) is 11.0. The number of piperidine rings is 1. The van der Waals surface area contributed by atoms with Crippen molar-refractivity contribution in [3.8, 4) is 0 Å². The normalized spacial score (nSPS) is 22.6. The minimum absolute atomic E-state index is 0.288. The van der Waals surface area contributed by atoms with Gasteiger partial charge in [-0.25, -0.2) is 4.79 Å². The summed E-state index contributed by atoms with van der Waals surface area (Å²) in [6.45, 7) is 2.06. The van der Waals surface area contributed by atoms with E-state index in [-0.39, 0.29) is 5.91 Å². The molecule has 0 bridgehead atoms. The van der Waals surface area contributed by atoms with Gasteiger partial charge in [-0.15, -0.1) is 0 Å². The van der Waals surface area contributed by atoms with Crippen LogP contribution < -0.4 is 0 Å². The molecule has 1 saturated heterocycles. The van der Waals surface area contributed by atoms with Gasteiger partial charge in [-0.05, 0) is 60.3 Å². The molecule has 1 aromatic rings. The van der Waals surface area contributed by atoms with Crippen LogP contribution in [0.5, 0.6) is 0 Å². The molecule has 0 aliphatic carbocycles. The van der Waals surface area contributed by atoms with Crippen LogP contribution in [0.3, 0.4) is 0 Å². The van der Waals surface area contributed by atoms with Crippen LogP contribution in [0.25, 0.3) is 0 Å². The first-order valence-electron chi connectivity index (χ1n) is 6.36. The number of hydrogen-bond acceptors (Lipinski definition) is 2. The summed E-state index contributed by atoms with van der Waals surface area (Å²) in [6.07, 6.45) is 2.10. The van der Waals surface area contributed by atoms with E-state index in [2.05, 4.69) is 15.9 Å². The molecule has 1 atom stereocenters. The van der Waals surface area contributed by atoms with Crippen LogP contribution in [0.2, 0.25) is 5.02 Å². The van der Waals surface area contributed by atoms with Crippen molar-refractivity contribution in [3.05, 3.63) is 33.3 Å². The summed E-state index contributed by atoms with van der Waals surface area (Å²) >= 11 is 9.27. The number of likely N-dealkylation sites (tertiary alicyclic amines) is 1. The van der Waals surface area contributed by atoms with Gasteiger partial charge in [0, 0.05) is 16.6 Å². The van der Waals surface area contributed by atoms with Crippen LogP contribution in [-0.2, 0) is 4.79 Å². The summed E-state index contributed by atoms with van der Waals surface area (Å²) in [6, 6.07) is 4.90. The Morgan fingerprint density at radius 3 is 2.70 bits per heavy atom. The van der Waals surface area contributed by atoms with Gasteiger partial charge in [0.2, 0.25) is 0 Å². The molecule has 1 fully saturated rings. The van der Waals surface area contributed by atoms with Crippen molar-refractivity contribution in [2.75, 3.05) is 6.54 Å². The fraction of sp³-hybridized carbons (Fsp3) is 0.429. The summed E-state index contributed by atoms with van der Waals surface area (Å²) < 4.78 is 0.704. The monoisotopic (exact) mass is 359 g/mol. The number of amides is 1. The Kier molecular flexibility index (Phi) is 4.39. The van der Waals surface area contributed by atoms with E-state index in [9.17, 15) is 14.7 Å². The van der Waals surface area contributed by atoms with E-state index in [0.29, 0.717) is 28.0 Å². The minimum atomic E-state index is -1.14. The van der Waals surface area contributed by atoms with Crippen molar-refractivity contribution in [1.82, 2.24) is 4.90 Å². The molecule has 0 spiro atoms. The fourth-order valence-corrected chi connectivity index (χ4v) is 2.88. The van der Waals surface area contributed by atoms with Gasteiger partial charge in [-0.2, -0.15) is 0 Å². The van der Waals surface area contributed by atoms with Crippen molar-refractivity contribution < 1.29 is 14.7 Å². The quantitative estimate of drug-likeness (QED) is 0.877. The Labute approximate surface area is 130 Å². The summed E-state index contributed by atoms with van der Waals surface area (Å²) in [5, 5.41) is 9.87. The van der Waals surface area contributed by atoms with Crippen molar-refractivity contribution in [3.63, 3.8) is 0 Å². The van der Waals surface area contributed by atoms with Gasteiger partial charge < -0.3 is 10.0 Å². The van der Waals surface area contributed by atoms with Gasteiger partial charge in [0.05, 0.1) is 5.02 Å². The van der Waals surface area contributed by atoms with Gasteiger partial charge in [0.15, 0.2) is 0 Å². The van der Waals surface area contributed by atoms with Crippen LogP contribution >= 0.6 is 27.5 Å². The second-order valence-corrected chi connectivity index (χ2v) is 6.38. The lowest BCUT2D eigenvalue weighted by Crippen LogP contribution is -2.57. The Morgan fingerprint density at radius 2 is 2.10 bits per heavy atom. The lowest BCUT2D eigenvalue weighted by Gasteiger charge is -2.41. The third-order valence-corrected chi connectivity index (χ3v) is 5.00. The average Bonchev–Trinajstić information content (AvgIpc) is 2.41. The fourth-order valence-electron chi connectivity index (χ4n) is 2.45. The highest BCUT2D eigenvalue weighted by molar-refractivity contribution is 9.10. The van der Waals surface area contributed by atoms with Gasteiger partial charge in [0.25, 0.3) is 5.91 Å². The molecule has 1 amide bonds. The standard InChI is InChI=1S/C14H15BrClNO3/c1-14(13(19)20)6-2-3-7-17(14)12(18)9-4-5-10(15)11(16)8-9/h4-5,8H,2-3,6-7H2,1H3,(H,19,20). The number of rotatable bonds is 2. The van der Waals surface area contributed by atoms with Crippen molar-refractivity contribution in [2.45, 2.75) is 31.7 Å². The third kappa shape index (κ3) is 2.69. The van der Waals surface area contributed by atoms with Gasteiger partial charge in [-0.1, -0.05) is 11.6 Å². The SMILES string of the molecule is CC1(C(=O)O)CCCCN1C(=O)c1ccc(Br)c(Cl)c1. The van der Waals surface area contributed by atoms with Gasteiger partial charge in [-0.3, -0.25) is 4.79 Å². The molecule has 1 unspecified atom stereocenters. The molecule has 1 aliphatic heterocycles. The number of carboxylic acids is 1. The molecule has 20 heavy (non-hydrogen) atoms. The zero-order chi connectivity index (χ0) is 14.9. The maximum absolute atomic E-state index is 12.6. The molecular formula is C14H15BrClNO3. The predicted molar refractivity (Wildman–Crippen MR) is 80.1 cm³/mol. The number of carbonyl (C=O) groups excluding carboxylic acids is 1. The summed E-state index contributed by atoms with van der Waals surface area (Å²) in [7, 11) is 0. The number of benzene rings is 1. The van der Waals surface area contributed by atoms with Crippen LogP contribution in [0.4, 0.5) is 0 Å². The minimum Gasteiger partial charge on any atom is -0.480 e.